The molecule has 5 nitrogen and oxygen atoms in total. The number of aromatic nitrogens is 4. The predicted molar refractivity (Wildman–Crippen MR) is 70.4 cm³/mol. The first-order chi connectivity index (χ1) is 8.13. The Morgan fingerprint density at radius 2 is 2.35 bits per heavy atom. The summed E-state index contributed by atoms with van der Waals surface area (Å²) in [5.74, 6) is 0.577. The number of nitrogens with zero attached hydrogens (tertiary/aromatic N) is 3. The summed E-state index contributed by atoms with van der Waals surface area (Å²) < 4.78 is 4.70. The summed E-state index contributed by atoms with van der Waals surface area (Å²) in [4.78, 5) is 13.4. The van der Waals surface area contributed by atoms with E-state index in [1.807, 2.05) is 24.3 Å². The van der Waals surface area contributed by atoms with Gasteiger partial charge in [-0.1, -0.05) is 0 Å². The smallest absolute Gasteiger partial charge is 0.272 e. The standard InChI is InChI=1S/C10H10N4OS2/c1-3-13-8(15)7-6(4-5(2)17-7)14-9(13)11-12-10(14)16/h4H,3H2,1-2H3,(H,12,16). The lowest BCUT2D eigenvalue weighted by Gasteiger charge is -2.04. The Morgan fingerprint density at radius 1 is 1.59 bits per heavy atom. The Balaban J connectivity index is 2.75. The van der Waals surface area contributed by atoms with Crippen LogP contribution in [0.3, 0.4) is 0 Å². The van der Waals surface area contributed by atoms with Crippen LogP contribution >= 0.6 is 23.6 Å². The molecule has 0 spiro atoms. The highest BCUT2D eigenvalue weighted by Crippen LogP contribution is 2.22. The topological polar surface area (TPSA) is 55.1 Å². The molecule has 17 heavy (non-hydrogen) atoms. The lowest BCUT2D eigenvalue weighted by atomic mass is 10.4. The van der Waals surface area contributed by atoms with Gasteiger partial charge in [0, 0.05) is 11.4 Å². The van der Waals surface area contributed by atoms with E-state index in [4.69, 9.17) is 12.2 Å². The van der Waals surface area contributed by atoms with Crippen molar-refractivity contribution in [3.05, 3.63) is 26.1 Å². The van der Waals surface area contributed by atoms with Gasteiger partial charge in [-0.05, 0) is 32.1 Å². The van der Waals surface area contributed by atoms with Gasteiger partial charge in [-0.15, -0.1) is 16.4 Å². The molecule has 3 aromatic rings. The fourth-order valence-electron chi connectivity index (χ4n) is 2.01. The molecule has 1 N–H and O–H groups in total. The van der Waals surface area contributed by atoms with E-state index in [1.54, 1.807) is 4.57 Å². The van der Waals surface area contributed by atoms with Gasteiger partial charge in [0.15, 0.2) is 0 Å². The van der Waals surface area contributed by atoms with Crippen LogP contribution in [0.5, 0.6) is 0 Å². The van der Waals surface area contributed by atoms with Gasteiger partial charge in [0.2, 0.25) is 10.5 Å². The molecule has 3 rings (SSSR count). The summed E-state index contributed by atoms with van der Waals surface area (Å²) in [6.45, 7) is 4.48. The molecule has 0 aromatic carbocycles. The molecule has 0 saturated carbocycles. The zero-order valence-corrected chi connectivity index (χ0v) is 11.0. The molecule has 3 heterocycles. The highest BCUT2D eigenvalue weighted by Gasteiger charge is 2.14. The lowest BCUT2D eigenvalue weighted by molar-refractivity contribution is 0.737. The summed E-state index contributed by atoms with van der Waals surface area (Å²) in [5, 5.41) is 6.86. The van der Waals surface area contributed by atoms with Gasteiger partial charge in [-0.3, -0.25) is 13.8 Å². The highest BCUT2D eigenvalue weighted by atomic mass is 32.1. The van der Waals surface area contributed by atoms with E-state index in [2.05, 4.69) is 10.2 Å². The fraction of sp³-hybridized carbons (Fsp3) is 0.300. The van der Waals surface area contributed by atoms with E-state index < -0.39 is 0 Å². The van der Waals surface area contributed by atoms with Crippen LogP contribution < -0.4 is 5.56 Å². The molecular weight excluding hydrogens is 256 g/mol. The predicted octanol–water partition coefficient (Wildman–Crippen LogP) is 2.10. The van der Waals surface area contributed by atoms with E-state index in [9.17, 15) is 4.79 Å². The normalized spacial score (nSPS) is 11.6. The third-order valence-electron chi connectivity index (χ3n) is 2.73. The molecule has 7 heteroatoms. The Kier molecular flexibility index (Phi) is 2.20. The first kappa shape index (κ1) is 10.7. The van der Waals surface area contributed by atoms with Gasteiger partial charge in [-0.25, -0.2) is 5.10 Å². The minimum atomic E-state index is 0.00194. The molecule has 0 unspecified atom stereocenters. The summed E-state index contributed by atoms with van der Waals surface area (Å²) in [6.07, 6.45) is 0. The molecule has 0 fully saturated rings. The van der Waals surface area contributed by atoms with Gasteiger partial charge in [0.1, 0.15) is 4.70 Å². The maximum absolute atomic E-state index is 12.3. The second kappa shape index (κ2) is 3.51. The third kappa shape index (κ3) is 1.32. The van der Waals surface area contributed by atoms with Crippen molar-refractivity contribution >= 4 is 39.5 Å². The average molecular weight is 266 g/mol. The zero-order valence-electron chi connectivity index (χ0n) is 9.35. The Labute approximate surface area is 105 Å². The number of H-pyrrole nitrogens is 1. The fourth-order valence-corrected chi connectivity index (χ4v) is 3.18. The van der Waals surface area contributed by atoms with Crippen LogP contribution in [0, 0.1) is 11.7 Å². The number of aryl methyl sites for hydroxylation is 2. The first-order valence-corrected chi connectivity index (χ1v) is 6.46. The average Bonchev–Trinajstić information content (AvgIpc) is 2.83. The monoisotopic (exact) mass is 266 g/mol. The summed E-state index contributed by atoms with van der Waals surface area (Å²) >= 11 is 6.70. The Bertz CT molecular complexity index is 836. The molecule has 0 aliphatic carbocycles. The Morgan fingerprint density at radius 3 is 3.06 bits per heavy atom. The molecule has 0 bridgehead atoms. The largest absolute Gasteiger partial charge is 0.276 e. The molecule has 0 aliphatic heterocycles. The summed E-state index contributed by atoms with van der Waals surface area (Å²) in [7, 11) is 0. The van der Waals surface area contributed by atoms with E-state index in [1.165, 1.54) is 11.3 Å². The molecule has 0 saturated heterocycles. The van der Waals surface area contributed by atoms with E-state index in [0.29, 0.717) is 17.1 Å². The van der Waals surface area contributed by atoms with Crippen LogP contribution in [-0.4, -0.2) is 19.2 Å². The molecule has 0 amide bonds. The van der Waals surface area contributed by atoms with Crippen LogP contribution in [0.2, 0.25) is 0 Å². The van der Waals surface area contributed by atoms with Crippen LogP contribution in [0.25, 0.3) is 16.0 Å². The van der Waals surface area contributed by atoms with E-state index in [0.717, 1.165) is 15.1 Å². The quantitative estimate of drug-likeness (QED) is 0.686. The molecule has 0 aliphatic rings. The van der Waals surface area contributed by atoms with Crippen molar-refractivity contribution in [1.29, 1.82) is 0 Å². The van der Waals surface area contributed by atoms with Crippen molar-refractivity contribution in [1.82, 2.24) is 19.2 Å². The molecule has 0 atom stereocenters. The number of hydrogen-bond acceptors (Lipinski definition) is 4. The number of fused-ring (bicyclic) bond motifs is 3. The lowest BCUT2D eigenvalue weighted by Crippen LogP contribution is -2.21. The van der Waals surface area contributed by atoms with Gasteiger partial charge >= 0.3 is 0 Å². The van der Waals surface area contributed by atoms with E-state index >= 15 is 0 Å². The summed E-state index contributed by atoms with van der Waals surface area (Å²) in [5.41, 5.74) is 0.845. The van der Waals surface area contributed by atoms with Gasteiger partial charge < -0.3 is 0 Å². The first-order valence-electron chi connectivity index (χ1n) is 5.23. The number of nitrogens with one attached hydrogen (secondary N) is 1. The van der Waals surface area contributed by atoms with Crippen molar-refractivity contribution in [2.45, 2.75) is 20.4 Å². The van der Waals surface area contributed by atoms with Crippen molar-refractivity contribution in [3.8, 4) is 0 Å². The van der Waals surface area contributed by atoms with Crippen LogP contribution in [0.1, 0.15) is 11.8 Å². The second-order valence-corrected chi connectivity index (χ2v) is 5.43. The van der Waals surface area contributed by atoms with Crippen LogP contribution in [0.15, 0.2) is 10.9 Å². The van der Waals surface area contributed by atoms with Crippen molar-refractivity contribution in [3.63, 3.8) is 0 Å². The SMILES string of the molecule is CCn1c(=O)c2sc(C)cc2n2c(=S)[nH]nc12. The number of thiophene rings is 1. The van der Waals surface area contributed by atoms with Crippen molar-refractivity contribution in [2.24, 2.45) is 0 Å². The Hall–Kier alpha value is -1.47. The van der Waals surface area contributed by atoms with Gasteiger partial charge in [-0.2, -0.15) is 0 Å². The number of hydrogen-bond donors (Lipinski definition) is 1. The second-order valence-electron chi connectivity index (χ2n) is 3.78. The van der Waals surface area contributed by atoms with E-state index in [-0.39, 0.29) is 5.56 Å². The zero-order chi connectivity index (χ0) is 12.2. The number of rotatable bonds is 1. The highest BCUT2D eigenvalue weighted by molar-refractivity contribution is 7.71. The van der Waals surface area contributed by atoms with Crippen LogP contribution in [-0.2, 0) is 6.54 Å². The minimum absolute atomic E-state index is 0.00194. The molecule has 88 valence electrons. The molecule has 3 aromatic heterocycles. The van der Waals surface area contributed by atoms with Crippen LogP contribution in [0.4, 0.5) is 0 Å². The minimum Gasteiger partial charge on any atom is -0.276 e. The third-order valence-corrected chi connectivity index (χ3v) is 4.03. The maximum Gasteiger partial charge on any atom is 0.272 e. The van der Waals surface area contributed by atoms with Gasteiger partial charge in [0.05, 0.1) is 5.52 Å². The number of aromatic amines is 1. The molecule has 0 radical (unpaired) electrons. The van der Waals surface area contributed by atoms with Crippen molar-refractivity contribution in [2.75, 3.05) is 0 Å². The van der Waals surface area contributed by atoms with Gasteiger partial charge in [0.25, 0.3) is 5.56 Å². The maximum atomic E-state index is 12.3. The summed E-state index contributed by atoms with van der Waals surface area (Å²) in [6, 6.07) is 1.97. The van der Waals surface area contributed by atoms with Crippen molar-refractivity contribution < 1.29 is 0 Å². The molecular formula is C10H10N4OS2.